The summed E-state index contributed by atoms with van der Waals surface area (Å²) >= 11 is 1.20. The molecule has 1 aromatic rings. The second-order valence-corrected chi connectivity index (χ2v) is 6.81. The fourth-order valence-electron chi connectivity index (χ4n) is 2.06. The number of alkyl carbamates (subject to hydrolysis) is 1. The quantitative estimate of drug-likeness (QED) is 0.911. The van der Waals surface area contributed by atoms with Gasteiger partial charge in [-0.1, -0.05) is 0 Å². The van der Waals surface area contributed by atoms with Gasteiger partial charge < -0.3 is 14.8 Å². The minimum atomic E-state index is -0.671. The average Bonchev–Trinajstić information content (AvgIpc) is 2.73. The summed E-state index contributed by atoms with van der Waals surface area (Å²) in [6.45, 7) is 5.15. The molecule has 1 saturated heterocycles. The van der Waals surface area contributed by atoms with E-state index in [1.807, 2.05) is 0 Å². The monoisotopic (exact) mass is 315 g/mol. The van der Waals surface area contributed by atoms with Gasteiger partial charge in [0.1, 0.15) is 24.1 Å². The number of hydrogen-bond donors (Lipinski definition) is 1. The van der Waals surface area contributed by atoms with Crippen molar-refractivity contribution in [3.63, 3.8) is 0 Å². The van der Waals surface area contributed by atoms with Crippen molar-refractivity contribution < 1.29 is 23.5 Å². The summed E-state index contributed by atoms with van der Waals surface area (Å²) in [4.78, 5) is 23.8. The summed E-state index contributed by atoms with van der Waals surface area (Å²) in [5.41, 5.74) is -0.646. The molecule has 1 aliphatic rings. The summed E-state index contributed by atoms with van der Waals surface area (Å²) < 4.78 is 24.3. The van der Waals surface area contributed by atoms with Gasteiger partial charge in [-0.3, -0.25) is 4.79 Å². The Bertz CT molecular complexity index is 537. The molecule has 0 aromatic carbocycles. The number of hydrogen-bond acceptors (Lipinski definition) is 5. The predicted octanol–water partition coefficient (Wildman–Crippen LogP) is 2.81. The number of carbonyl (C=O) groups excluding carboxylic acids is 2. The standard InChI is InChI=1S/C14H18FNO4S/c1-14(2,3)20-13(18)16-10-6-8(17)7-19-11(10)12-9(15)4-5-21-12/h4-5,10-11H,6-7H2,1-3H3,(H,16,18)/t10-,11-/m0/s1. The maximum absolute atomic E-state index is 13.7. The third kappa shape index (κ3) is 4.25. The lowest BCUT2D eigenvalue weighted by molar-refractivity contribution is -0.133. The molecule has 2 heterocycles. The second-order valence-electron chi connectivity index (χ2n) is 5.86. The Morgan fingerprint density at radius 3 is 2.81 bits per heavy atom. The number of rotatable bonds is 2. The smallest absolute Gasteiger partial charge is 0.407 e. The first-order chi connectivity index (χ1) is 9.76. The van der Waals surface area contributed by atoms with Crippen LogP contribution in [0.15, 0.2) is 11.4 Å². The molecule has 2 atom stereocenters. The van der Waals surface area contributed by atoms with Crippen LogP contribution in [0.2, 0.25) is 0 Å². The van der Waals surface area contributed by atoms with Gasteiger partial charge in [-0.25, -0.2) is 9.18 Å². The van der Waals surface area contributed by atoms with Crippen molar-refractivity contribution in [1.82, 2.24) is 5.32 Å². The van der Waals surface area contributed by atoms with Gasteiger partial charge in [0.15, 0.2) is 5.78 Å². The van der Waals surface area contributed by atoms with Gasteiger partial charge in [-0.05, 0) is 32.2 Å². The van der Waals surface area contributed by atoms with Crippen LogP contribution in [0.3, 0.4) is 0 Å². The van der Waals surface area contributed by atoms with E-state index in [0.717, 1.165) is 0 Å². The molecule has 0 unspecified atom stereocenters. The highest BCUT2D eigenvalue weighted by Gasteiger charge is 2.35. The first-order valence-electron chi connectivity index (χ1n) is 6.62. The Balaban J connectivity index is 2.11. The van der Waals surface area contributed by atoms with Crippen molar-refractivity contribution in [3.8, 4) is 0 Å². The van der Waals surface area contributed by atoms with Gasteiger partial charge in [-0.15, -0.1) is 11.3 Å². The zero-order valence-corrected chi connectivity index (χ0v) is 13.0. The van der Waals surface area contributed by atoms with E-state index in [2.05, 4.69) is 5.32 Å². The van der Waals surface area contributed by atoms with E-state index in [4.69, 9.17) is 9.47 Å². The molecule has 1 aliphatic heterocycles. The number of Topliss-reactive ketones (excluding diaryl/α,β-unsaturated/α-hetero) is 1. The molecule has 1 N–H and O–H groups in total. The maximum atomic E-state index is 13.7. The first-order valence-corrected chi connectivity index (χ1v) is 7.50. The van der Waals surface area contributed by atoms with Gasteiger partial charge in [0.2, 0.25) is 0 Å². The van der Waals surface area contributed by atoms with Crippen LogP contribution in [-0.4, -0.2) is 30.1 Å². The molecular weight excluding hydrogens is 297 g/mol. The highest BCUT2D eigenvalue weighted by atomic mass is 32.1. The lowest BCUT2D eigenvalue weighted by Gasteiger charge is -2.31. The maximum Gasteiger partial charge on any atom is 0.407 e. The third-order valence-electron chi connectivity index (χ3n) is 2.84. The van der Waals surface area contributed by atoms with Crippen molar-refractivity contribution in [1.29, 1.82) is 0 Å². The van der Waals surface area contributed by atoms with Gasteiger partial charge in [-0.2, -0.15) is 0 Å². The zero-order valence-electron chi connectivity index (χ0n) is 12.1. The molecule has 116 valence electrons. The van der Waals surface area contributed by atoms with Crippen LogP contribution in [0, 0.1) is 5.82 Å². The number of carbonyl (C=O) groups is 2. The Morgan fingerprint density at radius 1 is 1.52 bits per heavy atom. The molecule has 1 fully saturated rings. The molecule has 5 nitrogen and oxygen atoms in total. The zero-order chi connectivity index (χ0) is 15.6. The van der Waals surface area contributed by atoms with Crippen molar-refractivity contribution in [2.75, 3.05) is 6.61 Å². The highest BCUT2D eigenvalue weighted by Crippen LogP contribution is 2.32. The van der Waals surface area contributed by atoms with E-state index < -0.39 is 29.7 Å². The molecule has 0 bridgehead atoms. The van der Waals surface area contributed by atoms with Crippen LogP contribution in [0.25, 0.3) is 0 Å². The van der Waals surface area contributed by atoms with Crippen LogP contribution < -0.4 is 5.32 Å². The first kappa shape index (κ1) is 15.9. The molecule has 0 radical (unpaired) electrons. The van der Waals surface area contributed by atoms with Gasteiger partial charge in [0.25, 0.3) is 0 Å². The van der Waals surface area contributed by atoms with Gasteiger partial charge in [0, 0.05) is 6.42 Å². The van der Waals surface area contributed by atoms with Crippen LogP contribution in [-0.2, 0) is 14.3 Å². The Hall–Kier alpha value is -1.47. The van der Waals surface area contributed by atoms with E-state index in [9.17, 15) is 14.0 Å². The number of nitrogens with one attached hydrogen (secondary N) is 1. The largest absolute Gasteiger partial charge is 0.444 e. The molecule has 0 aliphatic carbocycles. The van der Waals surface area contributed by atoms with E-state index in [-0.39, 0.29) is 18.8 Å². The second kappa shape index (κ2) is 6.11. The SMILES string of the molecule is CC(C)(C)OC(=O)N[C@H]1CC(=O)CO[C@@H]1c1sccc1F. The minimum absolute atomic E-state index is 0.0749. The Kier molecular flexibility index (Phi) is 4.63. The fraction of sp³-hybridized carbons (Fsp3) is 0.571. The predicted molar refractivity (Wildman–Crippen MR) is 75.8 cm³/mol. The highest BCUT2D eigenvalue weighted by molar-refractivity contribution is 7.10. The molecule has 1 aromatic heterocycles. The third-order valence-corrected chi connectivity index (χ3v) is 3.80. The van der Waals surface area contributed by atoms with E-state index in [0.29, 0.717) is 4.88 Å². The number of halogens is 1. The Morgan fingerprint density at radius 2 is 2.24 bits per heavy atom. The van der Waals surface area contributed by atoms with Crippen molar-refractivity contribution in [2.45, 2.75) is 44.9 Å². The summed E-state index contributed by atoms with van der Waals surface area (Å²) in [7, 11) is 0. The van der Waals surface area contributed by atoms with E-state index in [1.54, 1.807) is 26.2 Å². The number of amides is 1. The lowest BCUT2D eigenvalue weighted by atomic mass is 10.0. The molecular formula is C14H18FNO4S. The minimum Gasteiger partial charge on any atom is -0.444 e. The number of ketones is 1. The van der Waals surface area contributed by atoms with E-state index >= 15 is 0 Å². The summed E-state index contributed by atoms with van der Waals surface area (Å²) in [5.74, 6) is -0.528. The molecule has 21 heavy (non-hydrogen) atoms. The topological polar surface area (TPSA) is 64.6 Å². The molecule has 1 amide bonds. The van der Waals surface area contributed by atoms with Crippen molar-refractivity contribution >= 4 is 23.2 Å². The molecule has 0 saturated carbocycles. The number of ether oxygens (including phenoxy) is 2. The van der Waals surface area contributed by atoms with Crippen LogP contribution >= 0.6 is 11.3 Å². The van der Waals surface area contributed by atoms with Crippen molar-refractivity contribution in [2.24, 2.45) is 0 Å². The molecule has 2 rings (SSSR count). The normalized spacial score (nSPS) is 23.0. The molecule has 0 spiro atoms. The lowest BCUT2D eigenvalue weighted by Crippen LogP contribution is -2.47. The van der Waals surface area contributed by atoms with Gasteiger partial charge in [0.05, 0.1) is 10.9 Å². The average molecular weight is 315 g/mol. The summed E-state index contributed by atoms with van der Waals surface area (Å²) in [6.07, 6.45) is -1.22. The Labute approximate surface area is 126 Å². The number of thiophene rings is 1. The van der Waals surface area contributed by atoms with Crippen LogP contribution in [0.5, 0.6) is 0 Å². The summed E-state index contributed by atoms with van der Waals surface area (Å²) in [5, 5.41) is 4.21. The van der Waals surface area contributed by atoms with Crippen molar-refractivity contribution in [3.05, 3.63) is 22.1 Å². The van der Waals surface area contributed by atoms with Gasteiger partial charge >= 0.3 is 6.09 Å². The van der Waals surface area contributed by atoms with Crippen LogP contribution in [0.4, 0.5) is 9.18 Å². The summed E-state index contributed by atoms with van der Waals surface area (Å²) in [6, 6.07) is 0.707. The fourth-order valence-corrected chi connectivity index (χ4v) is 2.94. The van der Waals surface area contributed by atoms with Crippen LogP contribution in [0.1, 0.15) is 38.2 Å². The molecule has 7 heteroatoms. The van der Waals surface area contributed by atoms with E-state index in [1.165, 1.54) is 17.4 Å².